The number of benzene rings is 1. The van der Waals surface area contributed by atoms with Crippen LogP contribution in [0.25, 0.3) is 27.7 Å². The molecule has 0 spiro atoms. The summed E-state index contributed by atoms with van der Waals surface area (Å²) in [5.41, 5.74) is 6.03. The fourth-order valence-corrected chi connectivity index (χ4v) is 6.09. The summed E-state index contributed by atoms with van der Waals surface area (Å²) >= 11 is 0. The van der Waals surface area contributed by atoms with Crippen LogP contribution in [-0.4, -0.2) is 47.1 Å². The van der Waals surface area contributed by atoms with Crippen LogP contribution in [0, 0.1) is 11.7 Å². The zero-order chi connectivity index (χ0) is 23.9. The second-order valence-electron chi connectivity index (χ2n) is 9.92. The summed E-state index contributed by atoms with van der Waals surface area (Å²) < 4.78 is 25.0. The van der Waals surface area contributed by atoms with E-state index >= 15 is 0 Å². The maximum absolute atomic E-state index is 14.1. The van der Waals surface area contributed by atoms with E-state index in [1.165, 1.54) is 18.7 Å². The van der Waals surface area contributed by atoms with Gasteiger partial charge in [0.1, 0.15) is 23.8 Å². The summed E-state index contributed by atoms with van der Waals surface area (Å²) in [5, 5.41) is 1.03. The molecule has 1 aromatic carbocycles. The predicted molar refractivity (Wildman–Crippen MR) is 132 cm³/mol. The highest BCUT2D eigenvalue weighted by Crippen LogP contribution is 2.43. The van der Waals surface area contributed by atoms with E-state index in [9.17, 15) is 9.18 Å². The lowest BCUT2D eigenvalue weighted by atomic mass is 9.83. The standard InChI is InChI=1S/C28H30FN3O3/c1-34-25(33)14-17-2-5-20(6-3-17)32-12-9-18(10-13-32)27-23-16-35-24-7-4-19(29)15-22(24)21-8-11-30-28(31-27)26(21)23/h4,7-9,11,15,17,20H,2-3,5-6,10,12-14,16H2,1H3,(H,30,31). The van der Waals surface area contributed by atoms with Crippen LogP contribution in [0.15, 0.2) is 36.5 Å². The number of methoxy groups -OCH3 is 1. The van der Waals surface area contributed by atoms with Gasteiger partial charge in [-0.1, -0.05) is 6.08 Å². The SMILES string of the molecule is COC(=O)CC1CCC(N2CC=C(c3[nH]c4nccc5c4c3COc3ccc(F)cc3-5)CC2)CC1. The number of fused-ring (bicyclic) bond motifs is 2. The van der Waals surface area contributed by atoms with Crippen molar-refractivity contribution in [3.05, 3.63) is 53.6 Å². The van der Waals surface area contributed by atoms with Gasteiger partial charge >= 0.3 is 5.97 Å². The molecular weight excluding hydrogens is 445 g/mol. The number of H-pyrrole nitrogens is 1. The topological polar surface area (TPSA) is 67.5 Å². The maximum Gasteiger partial charge on any atom is 0.305 e. The number of pyridine rings is 1. The molecule has 0 bridgehead atoms. The van der Waals surface area contributed by atoms with Gasteiger partial charge in [-0.05, 0) is 73.4 Å². The lowest BCUT2D eigenvalue weighted by molar-refractivity contribution is -0.142. The first-order valence-corrected chi connectivity index (χ1v) is 12.5. The van der Waals surface area contributed by atoms with E-state index < -0.39 is 0 Å². The number of carbonyl (C=O) groups excluding carboxylic acids is 1. The quantitative estimate of drug-likeness (QED) is 0.507. The molecule has 4 heterocycles. The van der Waals surface area contributed by atoms with E-state index in [1.54, 1.807) is 18.3 Å². The van der Waals surface area contributed by atoms with Crippen LogP contribution in [0.4, 0.5) is 4.39 Å². The molecule has 0 amide bonds. The van der Waals surface area contributed by atoms with Gasteiger partial charge in [0.15, 0.2) is 0 Å². The summed E-state index contributed by atoms with van der Waals surface area (Å²) in [6.45, 7) is 2.36. The average Bonchev–Trinajstić information content (AvgIpc) is 3.18. The minimum atomic E-state index is -0.272. The molecule has 2 aromatic heterocycles. The fraction of sp³-hybridized carbons (Fsp3) is 0.429. The molecule has 182 valence electrons. The lowest BCUT2D eigenvalue weighted by Crippen LogP contribution is -2.40. The third-order valence-corrected chi connectivity index (χ3v) is 7.98. The Morgan fingerprint density at radius 3 is 2.86 bits per heavy atom. The molecule has 3 aromatic rings. The van der Waals surface area contributed by atoms with Crippen molar-refractivity contribution in [2.75, 3.05) is 20.2 Å². The van der Waals surface area contributed by atoms with Gasteiger partial charge in [-0.3, -0.25) is 9.69 Å². The number of aromatic amines is 1. The molecule has 7 heteroatoms. The molecule has 1 N–H and O–H groups in total. The van der Waals surface area contributed by atoms with Gasteiger partial charge in [0.2, 0.25) is 0 Å². The Morgan fingerprint density at radius 1 is 1.23 bits per heavy atom. The smallest absolute Gasteiger partial charge is 0.305 e. The molecule has 1 fully saturated rings. The Labute approximate surface area is 204 Å². The fourth-order valence-electron chi connectivity index (χ4n) is 6.09. The largest absolute Gasteiger partial charge is 0.488 e. The third kappa shape index (κ3) is 4.12. The van der Waals surface area contributed by atoms with E-state index in [4.69, 9.17) is 9.47 Å². The number of esters is 1. The average molecular weight is 476 g/mol. The molecule has 3 aliphatic rings. The number of hydrogen-bond donors (Lipinski definition) is 1. The Morgan fingerprint density at radius 2 is 2.09 bits per heavy atom. The second kappa shape index (κ2) is 9.11. The van der Waals surface area contributed by atoms with Crippen molar-refractivity contribution in [1.29, 1.82) is 0 Å². The Hall–Kier alpha value is -3.19. The summed E-state index contributed by atoms with van der Waals surface area (Å²) in [4.78, 5) is 22.3. The van der Waals surface area contributed by atoms with Crippen LogP contribution >= 0.6 is 0 Å². The van der Waals surface area contributed by atoms with Crippen molar-refractivity contribution in [3.8, 4) is 16.9 Å². The molecule has 6 rings (SSSR count). The zero-order valence-electron chi connectivity index (χ0n) is 20.0. The Bertz CT molecular complexity index is 1310. The van der Waals surface area contributed by atoms with Crippen molar-refractivity contribution >= 4 is 22.6 Å². The first-order chi connectivity index (χ1) is 17.1. The molecule has 1 aliphatic carbocycles. The number of nitrogens with one attached hydrogen (secondary N) is 1. The molecule has 1 saturated carbocycles. The summed E-state index contributed by atoms with van der Waals surface area (Å²) in [6.07, 6.45) is 10.1. The second-order valence-corrected chi connectivity index (χ2v) is 9.92. The van der Waals surface area contributed by atoms with Crippen molar-refractivity contribution in [2.45, 2.75) is 51.2 Å². The molecular formula is C28H30FN3O3. The normalized spacial score (nSPS) is 22.2. The van der Waals surface area contributed by atoms with Crippen molar-refractivity contribution < 1.29 is 18.7 Å². The minimum Gasteiger partial charge on any atom is -0.488 e. The van der Waals surface area contributed by atoms with Crippen LogP contribution in [0.3, 0.4) is 0 Å². The minimum absolute atomic E-state index is 0.0908. The highest BCUT2D eigenvalue weighted by Gasteiger charge is 2.30. The monoisotopic (exact) mass is 475 g/mol. The van der Waals surface area contributed by atoms with E-state index in [0.29, 0.717) is 30.7 Å². The molecule has 6 nitrogen and oxygen atoms in total. The van der Waals surface area contributed by atoms with Gasteiger partial charge in [0.05, 0.1) is 12.8 Å². The van der Waals surface area contributed by atoms with Gasteiger partial charge in [-0.2, -0.15) is 0 Å². The predicted octanol–water partition coefficient (Wildman–Crippen LogP) is 5.47. The number of aromatic nitrogens is 2. The van der Waals surface area contributed by atoms with E-state index in [-0.39, 0.29) is 11.8 Å². The third-order valence-electron chi connectivity index (χ3n) is 7.98. The van der Waals surface area contributed by atoms with Crippen LogP contribution < -0.4 is 4.74 Å². The van der Waals surface area contributed by atoms with Crippen molar-refractivity contribution in [3.63, 3.8) is 0 Å². The number of halogens is 1. The zero-order valence-corrected chi connectivity index (χ0v) is 20.0. The maximum atomic E-state index is 14.1. The number of carbonyl (C=O) groups is 1. The van der Waals surface area contributed by atoms with Gasteiger partial charge in [-0.25, -0.2) is 9.37 Å². The molecule has 0 saturated heterocycles. The van der Waals surface area contributed by atoms with E-state index in [0.717, 1.165) is 78.6 Å². The van der Waals surface area contributed by atoms with Gasteiger partial charge in [0, 0.05) is 48.3 Å². The summed E-state index contributed by atoms with van der Waals surface area (Å²) in [5.74, 6) is 0.794. The summed E-state index contributed by atoms with van der Waals surface area (Å²) in [7, 11) is 1.47. The summed E-state index contributed by atoms with van der Waals surface area (Å²) in [6, 6.07) is 7.23. The number of hydrogen-bond acceptors (Lipinski definition) is 5. The molecule has 0 atom stereocenters. The van der Waals surface area contributed by atoms with Crippen LogP contribution in [0.5, 0.6) is 5.75 Å². The van der Waals surface area contributed by atoms with E-state index in [1.807, 2.05) is 6.07 Å². The first-order valence-electron chi connectivity index (χ1n) is 12.5. The highest BCUT2D eigenvalue weighted by molar-refractivity contribution is 6.00. The van der Waals surface area contributed by atoms with Gasteiger partial charge in [-0.15, -0.1) is 0 Å². The number of ether oxygens (including phenoxy) is 2. The molecule has 35 heavy (non-hydrogen) atoms. The highest BCUT2D eigenvalue weighted by atomic mass is 19.1. The van der Waals surface area contributed by atoms with Crippen LogP contribution in [0.2, 0.25) is 0 Å². The van der Waals surface area contributed by atoms with Crippen molar-refractivity contribution in [2.24, 2.45) is 5.92 Å². The Balaban J connectivity index is 1.22. The molecule has 0 unspecified atom stereocenters. The van der Waals surface area contributed by atoms with Crippen LogP contribution in [0.1, 0.15) is 49.8 Å². The number of rotatable bonds is 4. The van der Waals surface area contributed by atoms with Crippen molar-refractivity contribution in [1.82, 2.24) is 14.9 Å². The Kier molecular flexibility index (Phi) is 5.80. The first kappa shape index (κ1) is 22.3. The molecule has 0 radical (unpaired) electrons. The van der Waals surface area contributed by atoms with Gasteiger partial charge in [0.25, 0.3) is 0 Å². The number of nitrogens with zero attached hydrogens (tertiary/aromatic N) is 2. The molecule has 2 aliphatic heterocycles. The van der Waals surface area contributed by atoms with Crippen LogP contribution in [-0.2, 0) is 16.1 Å². The lowest BCUT2D eigenvalue weighted by Gasteiger charge is -2.38. The van der Waals surface area contributed by atoms with Gasteiger partial charge < -0.3 is 14.5 Å². The van der Waals surface area contributed by atoms with E-state index in [2.05, 4.69) is 20.9 Å².